The van der Waals surface area contributed by atoms with Crippen LogP contribution >= 0.6 is 0 Å². The molecular weight excluding hydrogens is 288 g/mol. The number of imidazole rings is 1. The molecule has 1 saturated carbocycles. The SMILES string of the molecule is NC[C@H]1CCC[C@H]1C(=O)NCc1cccc(Cn2ccnc2)c1. The molecule has 0 bridgehead atoms. The number of benzene rings is 1. The molecule has 122 valence electrons. The predicted octanol–water partition coefficient (Wildman–Crippen LogP) is 1.92. The lowest BCUT2D eigenvalue weighted by Crippen LogP contribution is -2.34. The molecule has 1 amide bonds. The first-order valence-electron chi connectivity index (χ1n) is 8.27. The quantitative estimate of drug-likeness (QED) is 0.856. The molecule has 1 aliphatic carbocycles. The molecule has 1 aromatic carbocycles. The van der Waals surface area contributed by atoms with Crippen LogP contribution in [0.15, 0.2) is 43.0 Å². The van der Waals surface area contributed by atoms with Gasteiger partial charge in [-0.1, -0.05) is 30.7 Å². The minimum Gasteiger partial charge on any atom is -0.352 e. The van der Waals surface area contributed by atoms with Gasteiger partial charge < -0.3 is 15.6 Å². The number of nitrogens with zero attached hydrogens (tertiary/aromatic N) is 2. The molecule has 0 aliphatic heterocycles. The van der Waals surface area contributed by atoms with E-state index in [0.717, 1.165) is 31.4 Å². The predicted molar refractivity (Wildman–Crippen MR) is 89.5 cm³/mol. The summed E-state index contributed by atoms with van der Waals surface area (Å²) >= 11 is 0. The topological polar surface area (TPSA) is 72.9 Å². The number of nitrogens with one attached hydrogen (secondary N) is 1. The molecule has 1 aromatic heterocycles. The van der Waals surface area contributed by atoms with Crippen molar-refractivity contribution in [2.45, 2.75) is 32.4 Å². The largest absolute Gasteiger partial charge is 0.352 e. The Hall–Kier alpha value is -2.14. The molecule has 3 N–H and O–H groups in total. The first-order chi connectivity index (χ1) is 11.3. The zero-order chi connectivity index (χ0) is 16.1. The molecule has 5 nitrogen and oxygen atoms in total. The first-order valence-corrected chi connectivity index (χ1v) is 8.27. The van der Waals surface area contributed by atoms with Crippen molar-refractivity contribution < 1.29 is 4.79 Å². The normalized spacial score (nSPS) is 20.6. The molecule has 1 heterocycles. The van der Waals surface area contributed by atoms with Gasteiger partial charge in [0.15, 0.2) is 0 Å². The van der Waals surface area contributed by atoms with Crippen molar-refractivity contribution in [2.75, 3.05) is 6.54 Å². The summed E-state index contributed by atoms with van der Waals surface area (Å²) in [5.74, 6) is 0.592. The highest BCUT2D eigenvalue weighted by atomic mass is 16.1. The fraction of sp³-hybridized carbons (Fsp3) is 0.444. The van der Waals surface area contributed by atoms with Crippen LogP contribution in [0.1, 0.15) is 30.4 Å². The van der Waals surface area contributed by atoms with Crippen LogP contribution in [-0.4, -0.2) is 22.0 Å². The zero-order valence-electron chi connectivity index (χ0n) is 13.3. The van der Waals surface area contributed by atoms with Gasteiger partial charge in [0.25, 0.3) is 0 Å². The van der Waals surface area contributed by atoms with Crippen molar-refractivity contribution in [3.8, 4) is 0 Å². The lowest BCUT2D eigenvalue weighted by Gasteiger charge is -2.17. The third kappa shape index (κ3) is 3.99. The summed E-state index contributed by atoms with van der Waals surface area (Å²) in [5, 5.41) is 3.08. The summed E-state index contributed by atoms with van der Waals surface area (Å²) in [6, 6.07) is 8.31. The summed E-state index contributed by atoms with van der Waals surface area (Å²) in [7, 11) is 0. The Morgan fingerprint density at radius 3 is 3.00 bits per heavy atom. The molecule has 2 aromatic rings. The van der Waals surface area contributed by atoms with Crippen LogP contribution in [-0.2, 0) is 17.9 Å². The third-order valence-electron chi connectivity index (χ3n) is 4.68. The number of aromatic nitrogens is 2. The molecule has 2 atom stereocenters. The van der Waals surface area contributed by atoms with Gasteiger partial charge in [0.05, 0.1) is 6.33 Å². The Morgan fingerprint density at radius 1 is 1.35 bits per heavy atom. The molecule has 23 heavy (non-hydrogen) atoms. The lowest BCUT2D eigenvalue weighted by atomic mass is 9.95. The minimum atomic E-state index is 0.0918. The van der Waals surface area contributed by atoms with Gasteiger partial charge in [-0.05, 0) is 36.4 Å². The van der Waals surface area contributed by atoms with E-state index < -0.39 is 0 Å². The van der Waals surface area contributed by atoms with Crippen molar-refractivity contribution in [3.05, 3.63) is 54.1 Å². The van der Waals surface area contributed by atoms with Gasteiger partial charge in [-0.2, -0.15) is 0 Å². The first kappa shape index (κ1) is 15.7. The zero-order valence-corrected chi connectivity index (χ0v) is 13.3. The standard InChI is InChI=1S/C18H24N4O/c19-10-16-5-2-6-17(16)18(23)21-11-14-3-1-4-15(9-14)12-22-8-7-20-13-22/h1,3-4,7-9,13,16-17H,2,5-6,10-12,19H2,(H,21,23)/t16-,17-/m1/s1. The summed E-state index contributed by atoms with van der Waals surface area (Å²) in [6.07, 6.45) is 8.69. The Labute approximate surface area is 136 Å². The molecule has 3 rings (SSSR count). The summed E-state index contributed by atoms with van der Waals surface area (Å²) in [6.45, 7) is 1.97. The number of amides is 1. The van der Waals surface area contributed by atoms with E-state index in [2.05, 4.69) is 22.4 Å². The average Bonchev–Trinajstić information content (AvgIpc) is 3.24. The van der Waals surface area contributed by atoms with Crippen molar-refractivity contribution >= 4 is 5.91 Å². The molecule has 0 radical (unpaired) electrons. The molecular formula is C18H24N4O. The van der Waals surface area contributed by atoms with Crippen molar-refractivity contribution in [1.29, 1.82) is 0 Å². The smallest absolute Gasteiger partial charge is 0.223 e. The maximum Gasteiger partial charge on any atom is 0.223 e. The Morgan fingerprint density at radius 2 is 2.22 bits per heavy atom. The van der Waals surface area contributed by atoms with Gasteiger partial charge in [0.2, 0.25) is 5.91 Å². The van der Waals surface area contributed by atoms with Gasteiger partial charge in [0, 0.05) is 31.4 Å². The van der Waals surface area contributed by atoms with E-state index in [9.17, 15) is 4.79 Å². The number of carbonyl (C=O) groups excluding carboxylic acids is 1. The van der Waals surface area contributed by atoms with Crippen LogP contribution in [0.3, 0.4) is 0 Å². The van der Waals surface area contributed by atoms with E-state index in [1.807, 2.05) is 29.2 Å². The van der Waals surface area contributed by atoms with Gasteiger partial charge in [-0.3, -0.25) is 4.79 Å². The molecule has 1 aliphatic rings. The van der Waals surface area contributed by atoms with Crippen LogP contribution < -0.4 is 11.1 Å². The third-order valence-corrected chi connectivity index (χ3v) is 4.68. The average molecular weight is 312 g/mol. The molecule has 0 saturated heterocycles. The maximum absolute atomic E-state index is 12.4. The monoisotopic (exact) mass is 312 g/mol. The Kier molecular flexibility index (Phi) is 5.08. The number of carbonyl (C=O) groups is 1. The van der Waals surface area contributed by atoms with Crippen molar-refractivity contribution in [1.82, 2.24) is 14.9 Å². The Balaban J connectivity index is 1.56. The highest BCUT2D eigenvalue weighted by Crippen LogP contribution is 2.30. The van der Waals surface area contributed by atoms with Gasteiger partial charge in [-0.15, -0.1) is 0 Å². The highest BCUT2D eigenvalue weighted by Gasteiger charge is 2.31. The fourth-order valence-electron chi connectivity index (χ4n) is 3.41. The second-order valence-electron chi connectivity index (χ2n) is 6.31. The van der Waals surface area contributed by atoms with E-state index in [4.69, 9.17) is 5.73 Å². The summed E-state index contributed by atoms with van der Waals surface area (Å²) in [4.78, 5) is 16.4. The number of rotatable bonds is 6. The second-order valence-corrected chi connectivity index (χ2v) is 6.31. The van der Waals surface area contributed by atoms with Crippen LogP contribution in [0.4, 0.5) is 0 Å². The van der Waals surface area contributed by atoms with E-state index in [1.165, 1.54) is 5.56 Å². The van der Waals surface area contributed by atoms with E-state index in [0.29, 0.717) is 19.0 Å². The van der Waals surface area contributed by atoms with Gasteiger partial charge in [-0.25, -0.2) is 4.98 Å². The second kappa shape index (κ2) is 7.42. The number of hydrogen-bond donors (Lipinski definition) is 2. The lowest BCUT2D eigenvalue weighted by molar-refractivity contribution is -0.126. The number of hydrogen-bond acceptors (Lipinski definition) is 3. The number of nitrogens with two attached hydrogens (primary N) is 1. The van der Waals surface area contributed by atoms with Crippen LogP contribution in [0.2, 0.25) is 0 Å². The van der Waals surface area contributed by atoms with Crippen LogP contribution in [0.25, 0.3) is 0 Å². The Bertz CT molecular complexity index is 638. The molecule has 1 fully saturated rings. The molecule has 5 heteroatoms. The van der Waals surface area contributed by atoms with Crippen molar-refractivity contribution in [3.63, 3.8) is 0 Å². The van der Waals surface area contributed by atoms with E-state index >= 15 is 0 Å². The summed E-state index contributed by atoms with van der Waals surface area (Å²) < 4.78 is 2.03. The fourth-order valence-corrected chi connectivity index (χ4v) is 3.41. The minimum absolute atomic E-state index is 0.0918. The molecule has 0 spiro atoms. The van der Waals surface area contributed by atoms with Crippen LogP contribution in [0, 0.1) is 11.8 Å². The molecule has 0 unspecified atom stereocenters. The maximum atomic E-state index is 12.4. The van der Waals surface area contributed by atoms with Crippen molar-refractivity contribution in [2.24, 2.45) is 17.6 Å². The summed E-state index contributed by atoms with van der Waals surface area (Å²) in [5.41, 5.74) is 8.09. The highest BCUT2D eigenvalue weighted by molar-refractivity contribution is 5.79. The van der Waals surface area contributed by atoms with Gasteiger partial charge in [0.1, 0.15) is 0 Å². The van der Waals surface area contributed by atoms with Crippen LogP contribution in [0.5, 0.6) is 0 Å². The van der Waals surface area contributed by atoms with Gasteiger partial charge >= 0.3 is 0 Å². The van der Waals surface area contributed by atoms with E-state index in [1.54, 1.807) is 6.20 Å². The van der Waals surface area contributed by atoms with E-state index in [-0.39, 0.29) is 11.8 Å².